The molecule has 31 heavy (non-hydrogen) atoms. The van der Waals surface area contributed by atoms with Crippen molar-refractivity contribution in [3.8, 4) is 11.4 Å². The van der Waals surface area contributed by atoms with E-state index in [9.17, 15) is 28.2 Å². The molecule has 0 aliphatic rings. The van der Waals surface area contributed by atoms with E-state index in [1.54, 1.807) is 13.8 Å². The Balaban J connectivity index is 2.29. The largest absolute Gasteiger partial charge is 0.507 e. The Morgan fingerprint density at radius 3 is 2.29 bits per heavy atom. The van der Waals surface area contributed by atoms with Crippen molar-refractivity contribution in [1.82, 2.24) is 14.5 Å². The molecule has 1 unspecified atom stereocenters. The summed E-state index contributed by atoms with van der Waals surface area (Å²) in [6.07, 6.45) is -4.28. The summed E-state index contributed by atoms with van der Waals surface area (Å²) >= 11 is 0. The lowest BCUT2D eigenvalue weighted by Crippen LogP contribution is -2.25. The molecule has 0 saturated carbocycles. The number of phenolic OH excluding ortho intramolecular Hbond substituents is 1. The van der Waals surface area contributed by atoms with Gasteiger partial charge < -0.3 is 10.2 Å². The summed E-state index contributed by atoms with van der Waals surface area (Å²) in [6, 6.07) is 4.69. The molecule has 3 aromatic rings. The maximum Gasteiger partial charge on any atom is 0.433 e. The van der Waals surface area contributed by atoms with Crippen LogP contribution in [0.2, 0.25) is 0 Å². The lowest BCUT2D eigenvalue weighted by Gasteiger charge is -2.20. The van der Waals surface area contributed by atoms with Gasteiger partial charge in [0.1, 0.15) is 17.3 Å². The molecule has 0 aliphatic heterocycles. The van der Waals surface area contributed by atoms with Crippen LogP contribution in [0.4, 0.5) is 13.2 Å². The molecule has 2 N–H and O–H groups in total. The Bertz CT molecular complexity index is 1150. The van der Waals surface area contributed by atoms with Crippen LogP contribution in [0, 0.1) is 5.92 Å². The fraction of sp³-hybridized carbons (Fsp3) is 0.409. The highest BCUT2D eigenvalue weighted by molar-refractivity contribution is 5.84. The van der Waals surface area contributed by atoms with E-state index in [1.165, 1.54) is 22.8 Å². The van der Waals surface area contributed by atoms with Gasteiger partial charge in [-0.3, -0.25) is 9.36 Å². The van der Waals surface area contributed by atoms with Gasteiger partial charge in [-0.05, 0) is 36.6 Å². The third-order valence-corrected chi connectivity index (χ3v) is 4.92. The molecule has 3 rings (SSSR count). The van der Waals surface area contributed by atoms with Gasteiger partial charge in [0.2, 0.25) is 0 Å². The van der Waals surface area contributed by atoms with Crippen LogP contribution in [-0.4, -0.2) is 24.7 Å². The molecule has 1 aromatic carbocycles. The van der Waals surface area contributed by atoms with Gasteiger partial charge in [-0.15, -0.1) is 0 Å². The summed E-state index contributed by atoms with van der Waals surface area (Å²) in [5.74, 6) is -0.0384. The van der Waals surface area contributed by atoms with Crippen LogP contribution in [0.1, 0.15) is 63.2 Å². The standard InChI is InChI=1S/C22H24F3N3O3/c1-11(2)9-16(30)18-15(29)7-6-14-19(18)27-20(12(3)4)28(21(14)31)13-5-8-17(26-10-13)22(23,24)25/h5-8,10-12,16,29-30H,9H2,1-4H3. The number of phenols is 1. The first kappa shape index (κ1) is 22.7. The van der Waals surface area contributed by atoms with E-state index in [4.69, 9.17) is 0 Å². The van der Waals surface area contributed by atoms with Crippen LogP contribution in [0.25, 0.3) is 16.6 Å². The number of halogens is 3. The van der Waals surface area contributed by atoms with Gasteiger partial charge >= 0.3 is 6.18 Å². The van der Waals surface area contributed by atoms with E-state index in [-0.39, 0.29) is 45.6 Å². The van der Waals surface area contributed by atoms with Crippen LogP contribution in [0.15, 0.2) is 35.3 Å². The molecule has 0 radical (unpaired) electrons. The maximum absolute atomic E-state index is 13.4. The molecule has 0 spiro atoms. The number of fused-ring (bicyclic) bond motifs is 1. The van der Waals surface area contributed by atoms with Crippen LogP contribution in [0.5, 0.6) is 5.75 Å². The number of alkyl halides is 3. The van der Waals surface area contributed by atoms with E-state index in [1.807, 2.05) is 13.8 Å². The van der Waals surface area contributed by atoms with E-state index < -0.39 is 23.5 Å². The van der Waals surface area contributed by atoms with Crippen LogP contribution >= 0.6 is 0 Å². The Labute approximate surface area is 177 Å². The molecule has 0 bridgehead atoms. The molecule has 2 heterocycles. The molecule has 0 fully saturated rings. The number of aliphatic hydroxyl groups is 1. The predicted molar refractivity (Wildman–Crippen MR) is 110 cm³/mol. The highest BCUT2D eigenvalue weighted by Crippen LogP contribution is 2.34. The number of aromatic nitrogens is 3. The summed E-state index contributed by atoms with van der Waals surface area (Å²) in [7, 11) is 0. The normalized spacial score (nSPS) is 13.4. The highest BCUT2D eigenvalue weighted by atomic mass is 19.4. The Morgan fingerprint density at radius 1 is 1.10 bits per heavy atom. The lowest BCUT2D eigenvalue weighted by atomic mass is 9.96. The summed E-state index contributed by atoms with van der Waals surface area (Å²) < 4.78 is 39.8. The number of hydrogen-bond donors (Lipinski definition) is 2. The van der Waals surface area contributed by atoms with E-state index in [2.05, 4.69) is 9.97 Å². The van der Waals surface area contributed by atoms with Crippen molar-refractivity contribution >= 4 is 10.9 Å². The number of benzene rings is 1. The summed E-state index contributed by atoms with van der Waals surface area (Å²) in [6.45, 7) is 7.41. The Morgan fingerprint density at radius 2 is 1.77 bits per heavy atom. The second kappa shape index (κ2) is 8.30. The van der Waals surface area contributed by atoms with Gasteiger partial charge in [-0.1, -0.05) is 27.7 Å². The third kappa shape index (κ3) is 4.41. The van der Waals surface area contributed by atoms with Crippen molar-refractivity contribution in [2.24, 2.45) is 5.92 Å². The monoisotopic (exact) mass is 435 g/mol. The van der Waals surface area contributed by atoms with Gasteiger partial charge in [0, 0.05) is 11.5 Å². The highest BCUT2D eigenvalue weighted by Gasteiger charge is 2.32. The minimum atomic E-state index is -4.59. The average Bonchev–Trinajstić information content (AvgIpc) is 2.66. The average molecular weight is 435 g/mol. The molecular weight excluding hydrogens is 411 g/mol. The minimum absolute atomic E-state index is 0.132. The van der Waals surface area contributed by atoms with Gasteiger partial charge in [0.25, 0.3) is 5.56 Å². The fourth-order valence-electron chi connectivity index (χ4n) is 3.50. The zero-order valence-corrected chi connectivity index (χ0v) is 17.6. The zero-order valence-electron chi connectivity index (χ0n) is 17.6. The third-order valence-electron chi connectivity index (χ3n) is 4.92. The molecule has 166 valence electrons. The maximum atomic E-state index is 13.4. The van der Waals surface area contributed by atoms with E-state index in [0.29, 0.717) is 6.42 Å². The predicted octanol–water partition coefficient (Wildman–Crippen LogP) is 4.71. The van der Waals surface area contributed by atoms with Crippen LogP contribution in [0.3, 0.4) is 0 Å². The Hall–Kier alpha value is -2.94. The lowest BCUT2D eigenvalue weighted by molar-refractivity contribution is -0.141. The molecule has 1 atom stereocenters. The number of rotatable bonds is 5. The summed E-state index contributed by atoms with van der Waals surface area (Å²) in [5.41, 5.74) is -1.09. The topological polar surface area (TPSA) is 88.2 Å². The molecule has 0 saturated heterocycles. The second-order valence-corrected chi connectivity index (χ2v) is 8.20. The van der Waals surface area contributed by atoms with Gasteiger partial charge in [-0.2, -0.15) is 13.2 Å². The van der Waals surface area contributed by atoms with Crippen molar-refractivity contribution in [2.75, 3.05) is 0 Å². The number of nitrogens with zero attached hydrogens (tertiary/aromatic N) is 3. The SMILES string of the molecule is CC(C)CC(O)c1c(O)ccc2c(=O)n(-c3ccc(C(F)(F)F)nc3)c(C(C)C)nc12. The quantitative estimate of drug-likeness (QED) is 0.606. The molecular formula is C22H24F3N3O3. The zero-order chi connectivity index (χ0) is 23.1. The molecule has 6 nitrogen and oxygen atoms in total. The van der Waals surface area contributed by atoms with Crippen molar-refractivity contribution in [3.63, 3.8) is 0 Å². The number of aromatic hydroxyl groups is 1. The van der Waals surface area contributed by atoms with E-state index >= 15 is 0 Å². The van der Waals surface area contributed by atoms with Crippen molar-refractivity contribution in [2.45, 2.75) is 52.3 Å². The van der Waals surface area contributed by atoms with Gasteiger partial charge in [0.05, 0.1) is 28.9 Å². The molecule has 9 heteroatoms. The van der Waals surface area contributed by atoms with Crippen LogP contribution < -0.4 is 5.56 Å². The number of hydrogen-bond acceptors (Lipinski definition) is 5. The second-order valence-electron chi connectivity index (χ2n) is 8.20. The fourth-order valence-corrected chi connectivity index (χ4v) is 3.50. The Kier molecular flexibility index (Phi) is 6.09. The summed E-state index contributed by atoms with van der Waals surface area (Å²) in [4.78, 5) is 21.4. The molecule has 0 amide bonds. The van der Waals surface area contributed by atoms with E-state index in [0.717, 1.165) is 12.3 Å². The summed E-state index contributed by atoms with van der Waals surface area (Å²) in [5, 5.41) is 21.2. The molecule has 2 aromatic heterocycles. The first-order valence-electron chi connectivity index (χ1n) is 9.92. The van der Waals surface area contributed by atoms with Gasteiger partial charge in [0.15, 0.2) is 0 Å². The van der Waals surface area contributed by atoms with Crippen molar-refractivity contribution < 1.29 is 23.4 Å². The van der Waals surface area contributed by atoms with Gasteiger partial charge in [-0.25, -0.2) is 9.97 Å². The number of aliphatic hydroxyl groups excluding tert-OH is 1. The van der Waals surface area contributed by atoms with Crippen molar-refractivity contribution in [1.29, 1.82) is 0 Å². The molecule has 0 aliphatic carbocycles. The van der Waals surface area contributed by atoms with Crippen molar-refractivity contribution in [3.05, 3.63) is 57.9 Å². The van der Waals surface area contributed by atoms with Crippen LogP contribution in [-0.2, 0) is 6.18 Å². The first-order valence-corrected chi connectivity index (χ1v) is 9.92. The number of pyridine rings is 1. The first-order chi connectivity index (χ1) is 14.4. The minimum Gasteiger partial charge on any atom is -0.507 e. The smallest absolute Gasteiger partial charge is 0.433 e.